The summed E-state index contributed by atoms with van der Waals surface area (Å²) >= 11 is 3.25. The molecule has 90 valence electrons. The molecule has 0 amide bonds. The van der Waals surface area contributed by atoms with Gasteiger partial charge in [-0.15, -0.1) is 0 Å². The zero-order valence-corrected chi connectivity index (χ0v) is 11.7. The van der Waals surface area contributed by atoms with Crippen LogP contribution >= 0.6 is 15.9 Å². The molecule has 0 bridgehead atoms. The van der Waals surface area contributed by atoms with E-state index in [1.165, 1.54) is 6.07 Å². The number of rotatable bonds is 5. The summed E-state index contributed by atoms with van der Waals surface area (Å²) in [5.41, 5.74) is 0.779. The fourth-order valence-electron chi connectivity index (χ4n) is 1.71. The molecule has 0 heterocycles. The van der Waals surface area contributed by atoms with Gasteiger partial charge in [0, 0.05) is 22.1 Å². The highest BCUT2D eigenvalue weighted by Gasteiger charge is 2.15. The summed E-state index contributed by atoms with van der Waals surface area (Å²) in [6.45, 7) is 7.02. The third kappa shape index (κ3) is 4.22. The highest BCUT2D eigenvalue weighted by atomic mass is 79.9. The van der Waals surface area contributed by atoms with Gasteiger partial charge in [0.25, 0.3) is 0 Å². The first-order chi connectivity index (χ1) is 7.44. The number of halogens is 2. The molecule has 0 atom stereocenters. The zero-order valence-electron chi connectivity index (χ0n) is 10.1. The van der Waals surface area contributed by atoms with E-state index in [0.717, 1.165) is 17.3 Å². The van der Waals surface area contributed by atoms with E-state index in [1.807, 2.05) is 12.1 Å². The minimum Gasteiger partial charge on any atom is -0.308 e. The first kappa shape index (κ1) is 13.7. The Hall–Kier alpha value is -0.410. The summed E-state index contributed by atoms with van der Waals surface area (Å²) in [7, 11) is 0. The average Bonchev–Trinajstić information content (AvgIpc) is 2.16. The summed E-state index contributed by atoms with van der Waals surface area (Å²) in [6, 6.07) is 5.19. The maximum atomic E-state index is 13.5. The fourth-order valence-corrected chi connectivity index (χ4v) is 2.05. The van der Waals surface area contributed by atoms with Gasteiger partial charge in [-0.25, -0.2) is 4.39 Å². The lowest BCUT2D eigenvalue weighted by molar-refractivity contribution is 0.354. The van der Waals surface area contributed by atoms with Gasteiger partial charge < -0.3 is 5.32 Å². The molecule has 0 saturated carbocycles. The molecular weight excluding hydrogens is 269 g/mol. The monoisotopic (exact) mass is 287 g/mol. The van der Waals surface area contributed by atoms with E-state index in [-0.39, 0.29) is 11.4 Å². The molecule has 3 heteroatoms. The summed E-state index contributed by atoms with van der Waals surface area (Å²) in [4.78, 5) is 0. The van der Waals surface area contributed by atoms with Crippen molar-refractivity contribution in [2.45, 2.75) is 45.7 Å². The van der Waals surface area contributed by atoms with Crippen molar-refractivity contribution < 1.29 is 4.39 Å². The Morgan fingerprint density at radius 1 is 1.38 bits per heavy atom. The number of benzene rings is 1. The van der Waals surface area contributed by atoms with Gasteiger partial charge in [0.1, 0.15) is 5.82 Å². The first-order valence-corrected chi connectivity index (χ1v) is 6.43. The van der Waals surface area contributed by atoms with Crippen molar-refractivity contribution in [2.24, 2.45) is 0 Å². The molecule has 0 aliphatic rings. The fraction of sp³-hybridized carbons (Fsp3) is 0.538. The second kappa shape index (κ2) is 5.78. The molecule has 0 unspecified atom stereocenters. The van der Waals surface area contributed by atoms with Gasteiger partial charge in [-0.2, -0.15) is 0 Å². The van der Waals surface area contributed by atoms with Gasteiger partial charge in [-0.05, 0) is 32.4 Å². The van der Waals surface area contributed by atoms with Crippen molar-refractivity contribution in [3.63, 3.8) is 0 Å². The van der Waals surface area contributed by atoms with E-state index in [1.54, 1.807) is 0 Å². The average molecular weight is 288 g/mol. The van der Waals surface area contributed by atoms with Crippen molar-refractivity contribution in [1.29, 1.82) is 0 Å². The van der Waals surface area contributed by atoms with Crippen LogP contribution in [0.15, 0.2) is 22.7 Å². The van der Waals surface area contributed by atoms with Crippen LogP contribution < -0.4 is 5.32 Å². The Morgan fingerprint density at radius 2 is 2.06 bits per heavy atom. The smallest absolute Gasteiger partial charge is 0.128 e. The van der Waals surface area contributed by atoms with Crippen LogP contribution in [0.25, 0.3) is 0 Å². The second-order valence-corrected chi connectivity index (χ2v) is 5.64. The number of hydrogen-bond donors (Lipinski definition) is 1. The predicted octanol–water partition coefficient (Wildman–Crippen LogP) is 4.26. The first-order valence-electron chi connectivity index (χ1n) is 5.63. The van der Waals surface area contributed by atoms with Gasteiger partial charge in [0.15, 0.2) is 0 Å². The van der Waals surface area contributed by atoms with Crippen LogP contribution in [0.5, 0.6) is 0 Å². The lowest BCUT2D eigenvalue weighted by Gasteiger charge is -2.26. The van der Waals surface area contributed by atoms with Crippen LogP contribution in [0.2, 0.25) is 0 Å². The molecule has 0 aliphatic carbocycles. The summed E-state index contributed by atoms with van der Waals surface area (Å²) in [6.07, 6.45) is 2.22. The third-order valence-electron chi connectivity index (χ3n) is 2.65. The molecule has 1 aromatic carbocycles. The Morgan fingerprint density at radius 3 is 2.62 bits per heavy atom. The maximum Gasteiger partial charge on any atom is 0.128 e. The molecule has 1 N–H and O–H groups in total. The minimum atomic E-state index is -0.158. The SMILES string of the molecule is CCCC(C)(C)NCc1ccc(Br)cc1F. The molecule has 1 nitrogen and oxygen atoms in total. The van der Waals surface area contributed by atoms with Crippen molar-refractivity contribution in [1.82, 2.24) is 5.32 Å². The highest BCUT2D eigenvalue weighted by Crippen LogP contribution is 2.17. The molecule has 1 rings (SSSR count). The van der Waals surface area contributed by atoms with Crippen LogP contribution in [0.1, 0.15) is 39.2 Å². The van der Waals surface area contributed by atoms with Crippen LogP contribution in [-0.2, 0) is 6.54 Å². The Labute approximate surface area is 106 Å². The molecule has 0 fully saturated rings. The summed E-state index contributed by atoms with van der Waals surface area (Å²) < 4.78 is 14.3. The van der Waals surface area contributed by atoms with Gasteiger partial charge >= 0.3 is 0 Å². The van der Waals surface area contributed by atoms with Crippen LogP contribution in [0.3, 0.4) is 0 Å². The van der Waals surface area contributed by atoms with E-state index in [2.05, 4.69) is 42.0 Å². The van der Waals surface area contributed by atoms with Crippen LogP contribution in [-0.4, -0.2) is 5.54 Å². The second-order valence-electron chi connectivity index (χ2n) is 4.72. The van der Waals surface area contributed by atoms with Crippen molar-refractivity contribution in [3.05, 3.63) is 34.1 Å². The standard InChI is InChI=1S/C13H19BrFN/c1-4-7-13(2,3)16-9-10-5-6-11(14)8-12(10)15/h5-6,8,16H,4,7,9H2,1-3H3. The topological polar surface area (TPSA) is 12.0 Å². The Kier molecular flexibility index (Phi) is 4.93. The molecule has 0 radical (unpaired) electrons. The van der Waals surface area contributed by atoms with Gasteiger partial charge in [0.05, 0.1) is 0 Å². The van der Waals surface area contributed by atoms with Crippen molar-refractivity contribution in [2.75, 3.05) is 0 Å². The van der Waals surface area contributed by atoms with E-state index >= 15 is 0 Å². The third-order valence-corrected chi connectivity index (χ3v) is 3.14. The lowest BCUT2D eigenvalue weighted by Crippen LogP contribution is -2.38. The molecule has 16 heavy (non-hydrogen) atoms. The van der Waals surface area contributed by atoms with Crippen LogP contribution in [0.4, 0.5) is 4.39 Å². The van der Waals surface area contributed by atoms with Gasteiger partial charge in [0.2, 0.25) is 0 Å². The number of nitrogens with one attached hydrogen (secondary N) is 1. The quantitative estimate of drug-likeness (QED) is 0.853. The zero-order chi connectivity index (χ0) is 12.2. The lowest BCUT2D eigenvalue weighted by atomic mass is 9.98. The summed E-state index contributed by atoms with van der Waals surface area (Å²) in [5, 5.41) is 3.38. The predicted molar refractivity (Wildman–Crippen MR) is 69.9 cm³/mol. The highest BCUT2D eigenvalue weighted by molar-refractivity contribution is 9.10. The molecule has 0 aliphatic heterocycles. The maximum absolute atomic E-state index is 13.5. The van der Waals surface area contributed by atoms with Crippen molar-refractivity contribution >= 4 is 15.9 Å². The van der Waals surface area contributed by atoms with Gasteiger partial charge in [-0.1, -0.05) is 35.3 Å². The molecule has 0 saturated heterocycles. The van der Waals surface area contributed by atoms with E-state index in [4.69, 9.17) is 0 Å². The molecule has 1 aromatic rings. The number of hydrogen-bond acceptors (Lipinski definition) is 1. The van der Waals surface area contributed by atoms with E-state index in [9.17, 15) is 4.39 Å². The molecular formula is C13H19BrFN. The van der Waals surface area contributed by atoms with Gasteiger partial charge in [-0.3, -0.25) is 0 Å². The summed E-state index contributed by atoms with van der Waals surface area (Å²) in [5.74, 6) is -0.158. The molecule has 0 aromatic heterocycles. The van der Waals surface area contributed by atoms with E-state index < -0.39 is 0 Å². The van der Waals surface area contributed by atoms with E-state index in [0.29, 0.717) is 12.1 Å². The normalized spacial score (nSPS) is 11.8. The molecule has 0 spiro atoms. The Bertz CT molecular complexity index is 350. The Balaban J connectivity index is 2.61. The largest absolute Gasteiger partial charge is 0.308 e. The minimum absolute atomic E-state index is 0.0638. The van der Waals surface area contributed by atoms with Crippen LogP contribution in [0, 0.1) is 5.82 Å². The van der Waals surface area contributed by atoms with Crippen molar-refractivity contribution in [3.8, 4) is 0 Å².